The molecule has 150 valence electrons. The van der Waals surface area contributed by atoms with E-state index < -0.39 is 6.34 Å². The largest absolute Gasteiger partial charge is 0.459 e. The van der Waals surface area contributed by atoms with Gasteiger partial charge in [-0.2, -0.15) is 0 Å². The SMILES string of the molecule is CC(C)OC(=O)c1ccccc1NP(=S)(NCc1ccccc1)c1ccccc1. The summed E-state index contributed by atoms with van der Waals surface area (Å²) in [5.41, 5.74) is 2.30. The average Bonchev–Trinajstić information content (AvgIpc) is 2.73. The summed E-state index contributed by atoms with van der Waals surface area (Å²) in [6.45, 7) is 4.30. The number of rotatable bonds is 8. The summed E-state index contributed by atoms with van der Waals surface area (Å²) in [5, 5.41) is 8.02. The van der Waals surface area contributed by atoms with Crippen LogP contribution in [0, 0.1) is 0 Å². The molecular formula is C23H25N2O2PS. The van der Waals surface area contributed by atoms with Crippen molar-refractivity contribution in [3.8, 4) is 0 Å². The van der Waals surface area contributed by atoms with E-state index in [1.165, 1.54) is 0 Å². The Labute approximate surface area is 177 Å². The summed E-state index contributed by atoms with van der Waals surface area (Å²) >= 11 is 6.12. The Morgan fingerprint density at radius 3 is 2.17 bits per heavy atom. The average molecular weight is 425 g/mol. The Hall–Kier alpha value is -2.46. The van der Waals surface area contributed by atoms with E-state index in [0.29, 0.717) is 17.8 Å². The maximum atomic E-state index is 12.6. The molecule has 0 saturated carbocycles. The number of benzene rings is 3. The highest BCUT2D eigenvalue weighted by atomic mass is 32.4. The zero-order chi connectivity index (χ0) is 20.7. The second-order valence-corrected chi connectivity index (χ2v) is 10.8. The van der Waals surface area contributed by atoms with Gasteiger partial charge in [0.15, 0.2) is 0 Å². The lowest BCUT2D eigenvalue weighted by Crippen LogP contribution is -2.25. The minimum atomic E-state index is -2.43. The van der Waals surface area contributed by atoms with Gasteiger partial charge in [-0.1, -0.05) is 84.6 Å². The minimum Gasteiger partial charge on any atom is -0.459 e. The van der Waals surface area contributed by atoms with Crippen LogP contribution in [0.1, 0.15) is 29.8 Å². The van der Waals surface area contributed by atoms with Gasteiger partial charge >= 0.3 is 5.97 Å². The molecule has 3 aromatic rings. The van der Waals surface area contributed by atoms with E-state index in [1.54, 1.807) is 6.07 Å². The number of hydrogen-bond donors (Lipinski definition) is 2. The molecule has 0 fully saturated rings. The van der Waals surface area contributed by atoms with Crippen molar-refractivity contribution in [3.05, 3.63) is 96.1 Å². The maximum absolute atomic E-state index is 12.6. The molecule has 3 rings (SSSR count). The number of ether oxygens (including phenoxy) is 1. The van der Waals surface area contributed by atoms with Crippen molar-refractivity contribution in [1.82, 2.24) is 5.09 Å². The number of para-hydroxylation sites is 1. The smallest absolute Gasteiger partial charge is 0.340 e. The van der Waals surface area contributed by atoms with Crippen molar-refractivity contribution in [3.63, 3.8) is 0 Å². The molecule has 3 aromatic carbocycles. The van der Waals surface area contributed by atoms with Crippen LogP contribution in [0.4, 0.5) is 5.69 Å². The molecule has 6 heteroatoms. The summed E-state index contributed by atoms with van der Waals surface area (Å²) in [5.74, 6) is -0.360. The Bertz CT molecular complexity index is 994. The highest BCUT2D eigenvalue weighted by Gasteiger charge is 2.22. The lowest BCUT2D eigenvalue weighted by molar-refractivity contribution is 0.0379. The van der Waals surface area contributed by atoms with Crippen molar-refractivity contribution in [2.75, 3.05) is 5.09 Å². The van der Waals surface area contributed by atoms with Gasteiger partial charge in [-0.05, 0) is 31.5 Å². The summed E-state index contributed by atoms with van der Waals surface area (Å²) in [6, 6.07) is 27.4. The minimum absolute atomic E-state index is 0.191. The molecule has 0 aliphatic rings. The molecule has 0 aliphatic carbocycles. The van der Waals surface area contributed by atoms with Gasteiger partial charge in [0.25, 0.3) is 0 Å². The van der Waals surface area contributed by atoms with Gasteiger partial charge in [0.05, 0.1) is 17.4 Å². The van der Waals surface area contributed by atoms with Crippen LogP contribution >= 0.6 is 6.34 Å². The predicted molar refractivity (Wildman–Crippen MR) is 124 cm³/mol. The molecule has 0 aromatic heterocycles. The fourth-order valence-corrected chi connectivity index (χ4v) is 5.61. The van der Waals surface area contributed by atoms with E-state index in [2.05, 4.69) is 22.3 Å². The first-order valence-corrected chi connectivity index (χ1v) is 12.3. The van der Waals surface area contributed by atoms with Crippen molar-refractivity contribution in [1.29, 1.82) is 0 Å². The van der Waals surface area contributed by atoms with E-state index in [1.807, 2.05) is 80.6 Å². The first kappa shape index (κ1) is 21.3. The summed E-state index contributed by atoms with van der Waals surface area (Å²) < 4.78 is 5.41. The number of carbonyl (C=O) groups is 1. The van der Waals surface area contributed by atoms with Crippen molar-refractivity contribution < 1.29 is 9.53 Å². The van der Waals surface area contributed by atoms with Crippen LogP contribution in [0.5, 0.6) is 0 Å². The topological polar surface area (TPSA) is 50.4 Å². The van der Waals surface area contributed by atoms with Crippen molar-refractivity contribution >= 4 is 35.1 Å². The molecule has 0 spiro atoms. The van der Waals surface area contributed by atoms with Gasteiger partial charge < -0.3 is 9.82 Å². The highest BCUT2D eigenvalue weighted by molar-refractivity contribution is 8.18. The number of carbonyl (C=O) groups excluding carboxylic acids is 1. The zero-order valence-electron chi connectivity index (χ0n) is 16.5. The molecule has 29 heavy (non-hydrogen) atoms. The second-order valence-electron chi connectivity index (χ2n) is 6.88. The Morgan fingerprint density at radius 2 is 1.52 bits per heavy atom. The lowest BCUT2D eigenvalue weighted by atomic mass is 10.2. The molecule has 0 amide bonds. The molecule has 0 saturated heterocycles. The highest BCUT2D eigenvalue weighted by Crippen LogP contribution is 2.42. The summed E-state index contributed by atoms with van der Waals surface area (Å²) in [4.78, 5) is 12.6. The van der Waals surface area contributed by atoms with Gasteiger partial charge in [0.1, 0.15) is 6.34 Å². The molecule has 1 atom stereocenters. The van der Waals surface area contributed by atoms with Gasteiger partial charge in [0.2, 0.25) is 0 Å². The van der Waals surface area contributed by atoms with Gasteiger partial charge in [-0.25, -0.2) is 4.79 Å². The third-order valence-corrected chi connectivity index (χ3v) is 7.71. The third-order valence-electron chi connectivity index (χ3n) is 4.24. The van der Waals surface area contributed by atoms with E-state index in [4.69, 9.17) is 16.5 Å². The molecular weight excluding hydrogens is 399 g/mol. The number of anilines is 1. The standard InChI is InChI=1S/C23H25N2O2PS/c1-18(2)27-23(26)21-15-9-10-16-22(21)25-28(29,20-13-7-4-8-14-20)24-17-19-11-5-3-6-12-19/h3-16,18H,17H2,1-2H3,(H2,24,25,29). The van der Waals surface area contributed by atoms with E-state index in [-0.39, 0.29) is 12.1 Å². The van der Waals surface area contributed by atoms with E-state index in [9.17, 15) is 4.79 Å². The van der Waals surface area contributed by atoms with Crippen LogP contribution in [-0.2, 0) is 23.1 Å². The number of nitrogens with one attached hydrogen (secondary N) is 2. The summed E-state index contributed by atoms with van der Waals surface area (Å²) in [6.07, 6.45) is -2.63. The quantitative estimate of drug-likeness (QED) is 0.390. The van der Waals surface area contributed by atoms with E-state index in [0.717, 1.165) is 10.9 Å². The number of esters is 1. The van der Waals surface area contributed by atoms with Crippen LogP contribution < -0.4 is 15.5 Å². The van der Waals surface area contributed by atoms with Gasteiger partial charge in [-0.15, -0.1) is 0 Å². The van der Waals surface area contributed by atoms with E-state index >= 15 is 0 Å². The fourth-order valence-electron chi connectivity index (χ4n) is 2.84. The third kappa shape index (κ3) is 5.77. The Kier molecular flexibility index (Phi) is 7.21. The van der Waals surface area contributed by atoms with Crippen LogP contribution in [0.3, 0.4) is 0 Å². The summed E-state index contributed by atoms with van der Waals surface area (Å²) in [7, 11) is 0. The Balaban J connectivity index is 1.92. The van der Waals surface area contributed by atoms with Gasteiger partial charge in [0, 0.05) is 11.8 Å². The van der Waals surface area contributed by atoms with Crippen molar-refractivity contribution in [2.24, 2.45) is 0 Å². The molecule has 0 bridgehead atoms. The molecule has 0 aliphatic heterocycles. The van der Waals surface area contributed by atoms with Crippen LogP contribution in [0.25, 0.3) is 0 Å². The molecule has 0 heterocycles. The predicted octanol–water partition coefficient (Wildman–Crippen LogP) is 5.09. The second kappa shape index (κ2) is 9.84. The first-order chi connectivity index (χ1) is 14.0. The maximum Gasteiger partial charge on any atom is 0.340 e. The monoisotopic (exact) mass is 424 g/mol. The molecule has 0 radical (unpaired) electrons. The van der Waals surface area contributed by atoms with Gasteiger partial charge in [-0.3, -0.25) is 5.09 Å². The zero-order valence-corrected chi connectivity index (χ0v) is 18.3. The van der Waals surface area contributed by atoms with Crippen molar-refractivity contribution in [2.45, 2.75) is 26.5 Å². The van der Waals surface area contributed by atoms with Crippen LogP contribution in [0.15, 0.2) is 84.9 Å². The molecule has 1 unspecified atom stereocenters. The molecule has 2 N–H and O–H groups in total. The Morgan fingerprint density at radius 1 is 0.931 bits per heavy atom. The fraction of sp³-hybridized carbons (Fsp3) is 0.174. The number of hydrogen-bond acceptors (Lipinski definition) is 3. The lowest BCUT2D eigenvalue weighted by Gasteiger charge is -2.27. The van der Waals surface area contributed by atoms with Crippen LogP contribution in [0.2, 0.25) is 0 Å². The molecule has 4 nitrogen and oxygen atoms in total. The normalized spacial score (nSPS) is 12.9. The van der Waals surface area contributed by atoms with Crippen LogP contribution in [-0.4, -0.2) is 12.1 Å². The first-order valence-electron chi connectivity index (χ1n) is 9.51.